The maximum absolute atomic E-state index is 11.7. The molecule has 0 saturated carbocycles. The summed E-state index contributed by atoms with van der Waals surface area (Å²) in [5.74, 6) is -0.736. The van der Waals surface area contributed by atoms with Gasteiger partial charge in [0.05, 0.1) is 6.26 Å². The van der Waals surface area contributed by atoms with Gasteiger partial charge in [-0.3, -0.25) is 19.8 Å². The molecule has 1 N–H and O–H groups in total. The molecule has 1 aromatic heterocycles. The first-order valence-corrected chi connectivity index (χ1v) is 5.15. The number of carbonyl (C=O) groups is 3. The van der Waals surface area contributed by atoms with E-state index in [1.807, 2.05) is 0 Å². The lowest BCUT2D eigenvalue weighted by molar-refractivity contribution is -0.129. The van der Waals surface area contributed by atoms with Gasteiger partial charge in [0.2, 0.25) is 0 Å². The molecule has 4 amide bonds. The molecule has 0 unspecified atom stereocenters. The highest BCUT2D eigenvalue weighted by Crippen LogP contribution is 2.09. The third-order valence-corrected chi connectivity index (χ3v) is 2.37. The van der Waals surface area contributed by atoms with E-state index >= 15 is 0 Å². The van der Waals surface area contributed by atoms with E-state index in [-0.39, 0.29) is 5.57 Å². The fraction of sp³-hybridized carbons (Fsp3) is 0.0833. The molecule has 1 aromatic rings. The molecule has 0 bridgehead atoms. The van der Waals surface area contributed by atoms with Crippen LogP contribution in [0.3, 0.4) is 0 Å². The second kappa shape index (κ2) is 4.70. The standard InChI is InChI=1S/C12H10N2O4/c1-14-11(16)9(10(15)13-12(14)17)6-2-4-8-5-3-7-18-8/h2-7H,1H3,(H,13,15,17)/b4-2+,9-6-. The molecule has 0 spiro atoms. The number of carbonyl (C=O) groups excluding carboxylic acids is 3. The minimum atomic E-state index is -0.725. The predicted octanol–water partition coefficient (Wildman–Crippen LogP) is 0.927. The van der Waals surface area contributed by atoms with Gasteiger partial charge in [-0.1, -0.05) is 6.08 Å². The quantitative estimate of drug-likeness (QED) is 0.621. The molecule has 1 saturated heterocycles. The van der Waals surface area contributed by atoms with Crippen LogP contribution in [0.15, 0.2) is 40.5 Å². The first-order chi connectivity index (χ1) is 8.59. The highest BCUT2D eigenvalue weighted by molar-refractivity contribution is 6.28. The number of rotatable bonds is 2. The largest absolute Gasteiger partial charge is 0.465 e. The number of likely N-dealkylation sites (N-methyl/N-ethyl adjacent to an activating group) is 1. The van der Waals surface area contributed by atoms with Gasteiger partial charge in [-0.05, 0) is 24.3 Å². The molecule has 0 radical (unpaired) electrons. The van der Waals surface area contributed by atoms with E-state index in [1.54, 1.807) is 18.2 Å². The van der Waals surface area contributed by atoms with Crippen LogP contribution in [-0.4, -0.2) is 29.8 Å². The first kappa shape index (κ1) is 11.8. The minimum Gasteiger partial charge on any atom is -0.465 e. The first-order valence-electron chi connectivity index (χ1n) is 5.15. The Labute approximate surface area is 103 Å². The smallest absolute Gasteiger partial charge is 0.331 e. The van der Waals surface area contributed by atoms with Gasteiger partial charge in [-0.2, -0.15) is 0 Å². The van der Waals surface area contributed by atoms with Crippen LogP contribution in [0.5, 0.6) is 0 Å². The number of allylic oxidation sites excluding steroid dienone is 2. The molecule has 92 valence electrons. The van der Waals surface area contributed by atoms with Crippen LogP contribution in [0.1, 0.15) is 5.76 Å². The van der Waals surface area contributed by atoms with Crippen molar-refractivity contribution in [3.05, 3.63) is 41.9 Å². The Morgan fingerprint density at radius 1 is 1.33 bits per heavy atom. The Hall–Kier alpha value is -2.63. The Morgan fingerprint density at radius 3 is 2.78 bits per heavy atom. The molecule has 2 heterocycles. The van der Waals surface area contributed by atoms with Crippen LogP contribution >= 0.6 is 0 Å². The Bertz CT molecular complexity index is 555. The highest BCUT2D eigenvalue weighted by atomic mass is 16.3. The summed E-state index contributed by atoms with van der Waals surface area (Å²) in [7, 11) is 1.30. The normalized spacial score (nSPS) is 18.8. The Kier molecular flexibility index (Phi) is 3.09. The molecule has 6 nitrogen and oxygen atoms in total. The fourth-order valence-corrected chi connectivity index (χ4v) is 1.39. The number of imide groups is 2. The van der Waals surface area contributed by atoms with Crippen molar-refractivity contribution in [1.82, 2.24) is 10.2 Å². The number of urea groups is 1. The van der Waals surface area contributed by atoms with Crippen LogP contribution in [-0.2, 0) is 9.59 Å². The van der Waals surface area contributed by atoms with Crippen LogP contribution in [0.4, 0.5) is 4.79 Å². The van der Waals surface area contributed by atoms with Crippen LogP contribution in [0, 0.1) is 0 Å². The molecular formula is C12H10N2O4. The number of nitrogens with zero attached hydrogens (tertiary/aromatic N) is 1. The molecule has 2 rings (SSSR count). The lowest BCUT2D eigenvalue weighted by atomic mass is 10.1. The number of furan rings is 1. The van der Waals surface area contributed by atoms with E-state index in [0.29, 0.717) is 5.76 Å². The molecule has 1 aliphatic rings. The van der Waals surface area contributed by atoms with Crippen molar-refractivity contribution in [2.45, 2.75) is 0 Å². The summed E-state index contributed by atoms with van der Waals surface area (Å²) >= 11 is 0. The second-order valence-electron chi connectivity index (χ2n) is 3.58. The highest BCUT2D eigenvalue weighted by Gasteiger charge is 2.32. The summed E-state index contributed by atoms with van der Waals surface area (Å²) in [5.41, 5.74) is -0.0973. The average Bonchev–Trinajstić information content (AvgIpc) is 2.84. The number of hydrogen-bond acceptors (Lipinski definition) is 4. The molecule has 18 heavy (non-hydrogen) atoms. The molecule has 0 aromatic carbocycles. The van der Waals surface area contributed by atoms with Crippen molar-refractivity contribution in [3.8, 4) is 0 Å². The predicted molar refractivity (Wildman–Crippen MR) is 62.1 cm³/mol. The van der Waals surface area contributed by atoms with Gasteiger partial charge in [0.1, 0.15) is 11.3 Å². The van der Waals surface area contributed by atoms with E-state index in [2.05, 4.69) is 5.32 Å². The van der Waals surface area contributed by atoms with Crippen molar-refractivity contribution >= 4 is 23.9 Å². The number of barbiturate groups is 1. The number of hydrogen-bond donors (Lipinski definition) is 1. The summed E-state index contributed by atoms with van der Waals surface area (Å²) in [6.07, 6.45) is 5.96. The molecule has 0 atom stereocenters. The van der Waals surface area contributed by atoms with Gasteiger partial charge in [0, 0.05) is 7.05 Å². The molecule has 1 fully saturated rings. The van der Waals surface area contributed by atoms with E-state index < -0.39 is 17.8 Å². The monoisotopic (exact) mass is 246 g/mol. The zero-order valence-electron chi connectivity index (χ0n) is 9.54. The van der Waals surface area contributed by atoms with Gasteiger partial charge in [-0.15, -0.1) is 0 Å². The summed E-state index contributed by atoms with van der Waals surface area (Å²) in [4.78, 5) is 35.1. The number of amides is 4. The topological polar surface area (TPSA) is 79.6 Å². The summed E-state index contributed by atoms with van der Waals surface area (Å²) in [6, 6.07) is 2.72. The van der Waals surface area contributed by atoms with Gasteiger partial charge in [0.25, 0.3) is 11.8 Å². The van der Waals surface area contributed by atoms with Crippen molar-refractivity contribution < 1.29 is 18.8 Å². The van der Waals surface area contributed by atoms with Gasteiger partial charge in [-0.25, -0.2) is 4.79 Å². The van der Waals surface area contributed by atoms with E-state index in [4.69, 9.17) is 4.42 Å². The van der Waals surface area contributed by atoms with Gasteiger partial charge >= 0.3 is 6.03 Å². The maximum Gasteiger partial charge on any atom is 0.331 e. The minimum absolute atomic E-state index is 0.0973. The van der Waals surface area contributed by atoms with E-state index in [1.165, 1.54) is 25.5 Å². The molecular weight excluding hydrogens is 236 g/mol. The second-order valence-corrected chi connectivity index (χ2v) is 3.58. The molecule has 0 aliphatic carbocycles. The maximum atomic E-state index is 11.7. The SMILES string of the molecule is CN1C(=O)NC(=O)/C(=C/C=C/c2ccco2)C1=O. The third-order valence-electron chi connectivity index (χ3n) is 2.37. The fourth-order valence-electron chi connectivity index (χ4n) is 1.39. The van der Waals surface area contributed by atoms with Crippen molar-refractivity contribution in [2.24, 2.45) is 0 Å². The zero-order valence-corrected chi connectivity index (χ0v) is 9.54. The van der Waals surface area contributed by atoms with Gasteiger partial charge < -0.3 is 4.42 Å². The molecule has 1 aliphatic heterocycles. The van der Waals surface area contributed by atoms with Crippen LogP contribution < -0.4 is 5.32 Å². The zero-order chi connectivity index (χ0) is 13.1. The Morgan fingerprint density at radius 2 is 2.11 bits per heavy atom. The van der Waals surface area contributed by atoms with Crippen molar-refractivity contribution in [1.29, 1.82) is 0 Å². The van der Waals surface area contributed by atoms with Crippen molar-refractivity contribution in [2.75, 3.05) is 7.05 Å². The third kappa shape index (κ3) is 2.22. The lowest BCUT2D eigenvalue weighted by Gasteiger charge is -2.21. The summed E-state index contributed by atoms with van der Waals surface area (Å²) in [5, 5.41) is 2.05. The molecule has 6 heteroatoms. The lowest BCUT2D eigenvalue weighted by Crippen LogP contribution is -2.52. The summed E-state index contributed by atoms with van der Waals surface area (Å²) < 4.78 is 5.05. The van der Waals surface area contributed by atoms with Crippen molar-refractivity contribution in [3.63, 3.8) is 0 Å². The van der Waals surface area contributed by atoms with Gasteiger partial charge in [0.15, 0.2) is 0 Å². The van der Waals surface area contributed by atoms with E-state index in [0.717, 1.165) is 4.90 Å². The Balaban J connectivity index is 2.19. The number of nitrogens with one attached hydrogen (secondary N) is 1. The average molecular weight is 246 g/mol. The van der Waals surface area contributed by atoms with Crippen LogP contribution in [0.25, 0.3) is 6.08 Å². The van der Waals surface area contributed by atoms with Crippen LogP contribution in [0.2, 0.25) is 0 Å². The summed E-state index contributed by atoms with van der Waals surface area (Å²) in [6.45, 7) is 0. The van der Waals surface area contributed by atoms with E-state index in [9.17, 15) is 14.4 Å².